The Morgan fingerprint density at radius 3 is 1.14 bits per heavy atom. The Hall–Kier alpha value is -6.13. The number of ether oxygens (including phenoxy) is 9. The number of methoxy groups -OCH3 is 9. The highest BCUT2D eigenvalue weighted by molar-refractivity contribution is 7.93. The minimum atomic E-state index is -4.11. The van der Waals surface area contributed by atoms with Crippen LogP contribution in [0.5, 0.6) is 51.7 Å². The monoisotopic (exact) mass is 785 g/mol. The normalized spacial score (nSPS) is 11.5. The summed E-state index contributed by atoms with van der Waals surface area (Å²) in [6, 6.07) is 25.8. The van der Waals surface area contributed by atoms with Crippen molar-refractivity contribution in [2.75, 3.05) is 64.0 Å². The molecular formula is C43H46O12P+. The van der Waals surface area contributed by atoms with Crippen molar-refractivity contribution in [2.24, 2.45) is 0 Å². The predicted molar refractivity (Wildman–Crippen MR) is 215 cm³/mol. The first kappa shape index (κ1) is 41.0. The number of hydrogen-bond donors (Lipinski definition) is 0. The van der Waals surface area contributed by atoms with E-state index in [9.17, 15) is 4.79 Å². The summed E-state index contributed by atoms with van der Waals surface area (Å²) in [4.78, 5) is 28.7. The average Bonchev–Trinajstić information content (AvgIpc) is 3.26. The van der Waals surface area contributed by atoms with Crippen LogP contribution in [0.4, 0.5) is 0 Å². The summed E-state index contributed by atoms with van der Waals surface area (Å²) in [5.74, 6) is 0.859. The first-order valence-corrected chi connectivity index (χ1v) is 19.0. The average molecular weight is 786 g/mol. The molecule has 0 aromatic heterocycles. The van der Waals surface area contributed by atoms with Crippen molar-refractivity contribution < 1.29 is 56.7 Å². The van der Waals surface area contributed by atoms with Crippen LogP contribution in [0.3, 0.4) is 0 Å². The van der Waals surface area contributed by atoms with E-state index in [2.05, 4.69) is 0 Å². The third-order valence-corrected chi connectivity index (χ3v) is 12.9. The Kier molecular flexibility index (Phi) is 13.2. The maximum absolute atomic E-state index is 15.2. The van der Waals surface area contributed by atoms with Crippen molar-refractivity contribution in [1.82, 2.24) is 0 Å². The van der Waals surface area contributed by atoms with Gasteiger partial charge in [-0.05, 0) is 18.6 Å². The highest BCUT2D eigenvalue weighted by atomic mass is 31.2. The third-order valence-electron chi connectivity index (χ3n) is 9.28. The predicted octanol–water partition coefficient (Wildman–Crippen LogP) is 6.55. The molecule has 0 fully saturated rings. The molecule has 0 spiro atoms. The quantitative estimate of drug-likeness (QED) is 0.0750. The van der Waals surface area contributed by atoms with E-state index >= 15 is 4.79 Å². The number of benzene rings is 5. The van der Waals surface area contributed by atoms with Gasteiger partial charge >= 0.3 is 13.5 Å². The number of carbonyl (C=O) groups excluding carboxylic acids is 2. The molecule has 0 bridgehead atoms. The standard InChI is InChI=1S/C43H46O12P/c1-26(28-17-14-18-29(19-28)39(44)27-15-12-11-13-16-27)43(45)55-56(40-33(49-5)20-30(46-2)21-34(40)50-6,41-35(51-7)22-31(47-3)23-36(41)52-8)42-37(53-9)24-32(48-4)25-38(42)54-10/h11-26H,1-10H3/q+1. The molecule has 1 unspecified atom stereocenters. The first-order valence-electron chi connectivity index (χ1n) is 17.3. The van der Waals surface area contributed by atoms with Gasteiger partial charge in [0.1, 0.15) is 17.2 Å². The van der Waals surface area contributed by atoms with Crippen LogP contribution in [-0.2, 0) is 9.32 Å². The molecule has 13 heteroatoms. The highest BCUT2D eigenvalue weighted by Gasteiger charge is 2.63. The van der Waals surface area contributed by atoms with Crippen LogP contribution >= 0.6 is 7.49 Å². The van der Waals surface area contributed by atoms with Gasteiger partial charge < -0.3 is 42.6 Å². The second-order valence-corrected chi connectivity index (χ2v) is 14.9. The molecule has 56 heavy (non-hydrogen) atoms. The zero-order valence-corrected chi connectivity index (χ0v) is 34.0. The van der Waals surface area contributed by atoms with Crippen LogP contribution < -0.4 is 58.5 Å². The van der Waals surface area contributed by atoms with E-state index in [1.165, 1.54) is 64.0 Å². The first-order chi connectivity index (χ1) is 27.1. The van der Waals surface area contributed by atoms with Gasteiger partial charge in [-0.3, -0.25) is 9.32 Å². The molecule has 12 nitrogen and oxygen atoms in total. The molecular weight excluding hydrogens is 739 g/mol. The van der Waals surface area contributed by atoms with Crippen LogP contribution in [0.1, 0.15) is 34.3 Å². The Morgan fingerprint density at radius 2 is 0.804 bits per heavy atom. The third kappa shape index (κ3) is 7.70. The van der Waals surface area contributed by atoms with E-state index in [4.69, 9.17) is 47.2 Å². The van der Waals surface area contributed by atoms with Crippen molar-refractivity contribution in [3.8, 4) is 51.7 Å². The molecule has 0 aliphatic rings. The van der Waals surface area contributed by atoms with Crippen LogP contribution in [0, 0.1) is 0 Å². The lowest BCUT2D eigenvalue weighted by Crippen LogP contribution is -2.39. The summed E-state index contributed by atoms with van der Waals surface area (Å²) < 4.78 is 60.7. The van der Waals surface area contributed by atoms with Gasteiger partial charge in [-0.2, -0.15) is 0 Å². The van der Waals surface area contributed by atoms with E-state index in [1.54, 1.807) is 91.9 Å². The fourth-order valence-corrected chi connectivity index (χ4v) is 10.6. The van der Waals surface area contributed by atoms with E-state index < -0.39 is 19.4 Å². The van der Waals surface area contributed by atoms with Crippen LogP contribution in [0.2, 0.25) is 0 Å². The Balaban J connectivity index is 1.94. The summed E-state index contributed by atoms with van der Waals surface area (Å²) in [6.07, 6.45) is 0. The summed E-state index contributed by atoms with van der Waals surface area (Å²) in [5.41, 5.74) is 1.46. The number of carbonyl (C=O) groups is 2. The number of hydrogen-bond acceptors (Lipinski definition) is 12. The van der Waals surface area contributed by atoms with Crippen molar-refractivity contribution >= 4 is 35.2 Å². The zero-order valence-electron chi connectivity index (χ0n) is 33.1. The van der Waals surface area contributed by atoms with Gasteiger partial charge in [0.2, 0.25) is 15.9 Å². The fraction of sp³-hybridized carbons (Fsp3) is 0.256. The van der Waals surface area contributed by atoms with Crippen molar-refractivity contribution in [2.45, 2.75) is 12.8 Å². The van der Waals surface area contributed by atoms with Gasteiger partial charge in [0.05, 0.1) is 69.9 Å². The maximum atomic E-state index is 15.2. The highest BCUT2D eigenvalue weighted by Crippen LogP contribution is 2.67. The topological polar surface area (TPSA) is 126 Å². The molecule has 0 aliphatic carbocycles. The lowest BCUT2D eigenvalue weighted by atomic mass is 9.96. The molecule has 0 aliphatic heterocycles. The van der Waals surface area contributed by atoms with E-state index in [0.29, 0.717) is 49.9 Å². The van der Waals surface area contributed by atoms with Crippen molar-refractivity contribution in [1.29, 1.82) is 0 Å². The molecule has 0 amide bonds. The van der Waals surface area contributed by atoms with E-state index in [0.717, 1.165) is 0 Å². The summed E-state index contributed by atoms with van der Waals surface area (Å²) in [6.45, 7) is 1.70. The summed E-state index contributed by atoms with van der Waals surface area (Å²) in [7, 11) is 9.33. The Bertz CT molecular complexity index is 1960. The van der Waals surface area contributed by atoms with Crippen LogP contribution in [0.15, 0.2) is 91.0 Å². The SMILES string of the molecule is COc1cc(OC)c([P+](OC(=O)C(C)c2cccc(C(=O)c3ccccc3)c2)(c2c(OC)cc(OC)cc2OC)c2c(OC)cc(OC)cc2OC)c(OC)c1. The molecule has 1 atom stereocenters. The molecule has 0 saturated carbocycles. The number of rotatable bonds is 17. The van der Waals surface area contributed by atoms with Crippen LogP contribution in [0.25, 0.3) is 0 Å². The fourth-order valence-electron chi connectivity index (χ4n) is 6.42. The molecule has 0 N–H and O–H groups in total. The lowest BCUT2D eigenvalue weighted by molar-refractivity contribution is -0.135. The minimum Gasteiger partial charge on any atom is -0.496 e. The van der Waals surface area contributed by atoms with Gasteiger partial charge in [0, 0.05) is 47.5 Å². The van der Waals surface area contributed by atoms with Gasteiger partial charge in [-0.15, -0.1) is 0 Å². The molecule has 5 rings (SSSR count). The van der Waals surface area contributed by atoms with Gasteiger partial charge in [0.25, 0.3) is 0 Å². The second-order valence-electron chi connectivity index (χ2n) is 12.2. The summed E-state index contributed by atoms with van der Waals surface area (Å²) >= 11 is 0. The smallest absolute Gasteiger partial charge is 0.358 e. The van der Waals surface area contributed by atoms with Crippen molar-refractivity contribution in [3.05, 3.63) is 108 Å². The van der Waals surface area contributed by atoms with Crippen LogP contribution in [-0.4, -0.2) is 75.7 Å². The second kappa shape index (κ2) is 18.0. The van der Waals surface area contributed by atoms with Crippen molar-refractivity contribution in [3.63, 3.8) is 0 Å². The van der Waals surface area contributed by atoms with E-state index in [1.807, 2.05) is 6.07 Å². The van der Waals surface area contributed by atoms with E-state index in [-0.39, 0.29) is 40.3 Å². The summed E-state index contributed by atoms with van der Waals surface area (Å²) in [5, 5.41) is 0.918. The minimum absolute atomic E-state index is 0.192. The maximum Gasteiger partial charge on any atom is 0.358 e. The molecule has 0 saturated heterocycles. The molecule has 0 heterocycles. The lowest BCUT2D eigenvalue weighted by Gasteiger charge is -2.31. The molecule has 0 radical (unpaired) electrons. The zero-order chi connectivity index (χ0) is 40.6. The van der Waals surface area contributed by atoms with Gasteiger partial charge in [-0.25, -0.2) is 4.79 Å². The Morgan fingerprint density at radius 1 is 0.446 bits per heavy atom. The molecule has 5 aromatic carbocycles. The Labute approximate surface area is 327 Å². The molecule has 5 aromatic rings. The molecule has 294 valence electrons. The van der Waals surface area contributed by atoms with Gasteiger partial charge in [0.15, 0.2) is 40.3 Å². The largest absolute Gasteiger partial charge is 0.496 e. The number of ketones is 1. The van der Waals surface area contributed by atoms with Gasteiger partial charge in [-0.1, -0.05) is 48.5 Å².